The summed E-state index contributed by atoms with van der Waals surface area (Å²) >= 11 is 12.0. The van der Waals surface area contributed by atoms with Crippen molar-refractivity contribution in [2.24, 2.45) is 5.10 Å². The molecule has 0 aliphatic heterocycles. The summed E-state index contributed by atoms with van der Waals surface area (Å²) in [7, 11) is 0. The second-order valence-corrected chi connectivity index (χ2v) is 7.89. The van der Waals surface area contributed by atoms with Gasteiger partial charge < -0.3 is 10.3 Å². The molecule has 0 radical (unpaired) electrons. The summed E-state index contributed by atoms with van der Waals surface area (Å²) in [6.45, 7) is 1.77. The van der Waals surface area contributed by atoms with E-state index < -0.39 is 0 Å². The Kier molecular flexibility index (Phi) is 6.25. The van der Waals surface area contributed by atoms with Crippen LogP contribution in [-0.4, -0.2) is 22.5 Å². The van der Waals surface area contributed by atoms with Crippen LogP contribution in [0.3, 0.4) is 0 Å². The van der Waals surface area contributed by atoms with Crippen molar-refractivity contribution in [1.82, 2.24) is 10.4 Å². The summed E-state index contributed by atoms with van der Waals surface area (Å²) in [4.78, 5) is 28.2. The first-order valence-corrected chi connectivity index (χ1v) is 10.5. The molecule has 160 valence electrons. The van der Waals surface area contributed by atoms with Gasteiger partial charge in [0.1, 0.15) is 0 Å². The molecule has 0 spiro atoms. The van der Waals surface area contributed by atoms with Gasteiger partial charge in [0.15, 0.2) is 0 Å². The van der Waals surface area contributed by atoms with Crippen molar-refractivity contribution < 1.29 is 9.59 Å². The van der Waals surface area contributed by atoms with Crippen LogP contribution in [0.15, 0.2) is 78.0 Å². The molecule has 8 heteroatoms. The lowest BCUT2D eigenvalue weighted by molar-refractivity contribution is 0.0955. The molecule has 0 bridgehead atoms. The zero-order valence-electron chi connectivity index (χ0n) is 16.9. The average Bonchev–Trinajstić information content (AvgIpc) is 3.21. The Bertz CT molecular complexity index is 1360. The molecule has 32 heavy (non-hydrogen) atoms. The van der Waals surface area contributed by atoms with Crippen LogP contribution in [0.5, 0.6) is 0 Å². The lowest BCUT2D eigenvalue weighted by Gasteiger charge is -2.09. The van der Waals surface area contributed by atoms with Crippen LogP contribution in [0.1, 0.15) is 33.2 Å². The van der Waals surface area contributed by atoms with Gasteiger partial charge in [-0.15, -0.1) is 0 Å². The van der Waals surface area contributed by atoms with E-state index in [0.29, 0.717) is 27.5 Å². The summed E-state index contributed by atoms with van der Waals surface area (Å²) in [5.74, 6) is -0.672. The molecule has 3 aromatic carbocycles. The highest BCUT2D eigenvalue weighted by Crippen LogP contribution is 2.22. The molecule has 3 N–H and O–H groups in total. The Morgan fingerprint density at radius 2 is 1.72 bits per heavy atom. The number of benzene rings is 3. The molecule has 1 aromatic heterocycles. The van der Waals surface area contributed by atoms with Crippen LogP contribution < -0.4 is 10.7 Å². The number of hydrazone groups is 1. The van der Waals surface area contributed by atoms with E-state index in [1.165, 1.54) is 6.07 Å². The first-order chi connectivity index (χ1) is 15.4. The lowest BCUT2D eigenvalue weighted by atomic mass is 10.1. The number of hydrogen-bond donors (Lipinski definition) is 3. The number of halogens is 2. The maximum absolute atomic E-state index is 12.6. The highest BCUT2D eigenvalue weighted by molar-refractivity contribution is 6.37. The number of hydrogen-bond acceptors (Lipinski definition) is 3. The monoisotopic (exact) mass is 464 g/mol. The first-order valence-electron chi connectivity index (χ1n) is 9.70. The van der Waals surface area contributed by atoms with E-state index in [0.717, 1.165) is 16.5 Å². The number of para-hydroxylation sites is 1. The van der Waals surface area contributed by atoms with Crippen LogP contribution in [-0.2, 0) is 0 Å². The standard InChI is InChI=1S/C24H18Cl2N4O2/c1-14(29-30-24(32)20-13-27-22-8-3-2-7-18(20)22)15-5-4-6-17(11-15)28-23(31)19-10-9-16(25)12-21(19)26/h2-13,27H,1H3,(H,28,31)(H,30,32)/b29-14-. The molecule has 1 heterocycles. The van der Waals surface area contributed by atoms with Gasteiger partial charge in [-0.1, -0.05) is 53.5 Å². The first kappa shape index (κ1) is 21.6. The van der Waals surface area contributed by atoms with E-state index in [-0.39, 0.29) is 16.8 Å². The Morgan fingerprint density at radius 1 is 0.906 bits per heavy atom. The summed E-state index contributed by atoms with van der Waals surface area (Å²) in [5.41, 5.74) is 6.18. The molecule has 0 fully saturated rings. The maximum atomic E-state index is 12.6. The minimum Gasteiger partial charge on any atom is -0.360 e. The quantitative estimate of drug-likeness (QED) is 0.254. The second kappa shape index (κ2) is 9.26. The number of rotatable bonds is 5. The van der Waals surface area contributed by atoms with E-state index in [4.69, 9.17) is 23.2 Å². The smallest absolute Gasteiger partial charge is 0.273 e. The Balaban J connectivity index is 1.48. The lowest BCUT2D eigenvalue weighted by Crippen LogP contribution is -2.19. The number of H-pyrrole nitrogens is 1. The van der Waals surface area contributed by atoms with Gasteiger partial charge in [0, 0.05) is 27.8 Å². The van der Waals surface area contributed by atoms with E-state index in [1.54, 1.807) is 43.5 Å². The van der Waals surface area contributed by atoms with Gasteiger partial charge in [-0.2, -0.15) is 5.10 Å². The van der Waals surface area contributed by atoms with Crippen molar-refractivity contribution in [3.63, 3.8) is 0 Å². The third-order valence-electron chi connectivity index (χ3n) is 4.87. The fourth-order valence-electron chi connectivity index (χ4n) is 3.21. The minimum atomic E-state index is -0.356. The number of nitrogens with one attached hydrogen (secondary N) is 3. The SMILES string of the molecule is C/C(=N/NC(=O)c1c[nH]c2ccccc12)c1cccc(NC(=O)c2ccc(Cl)cc2Cl)c1. The van der Waals surface area contributed by atoms with Gasteiger partial charge in [0.05, 0.1) is 21.9 Å². The molecular formula is C24H18Cl2N4O2. The van der Waals surface area contributed by atoms with Crippen molar-refractivity contribution in [1.29, 1.82) is 0 Å². The van der Waals surface area contributed by atoms with Gasteiger partial charge in [-0.05, 0) is 48.9 Å². The van der Waals surface area contributed by atoms with Gasteiger partial charge in [0.25, 0.3) is 11.8 Å². The third-order valence-corrected chi connectivity index (χ3v) is 5.42. The van der Waals surface area contributed by atoms with Gasteiger partial charge >= 0.3 is 0 Å². The zero-order chi connectivity index (χ0) is 22.7. The molecular weight excluding hydrogens is 447 g/mol. The number of aromatic nitrogens is 1. The van der Waals surface area contributed by atoms with Crippen LogP contribution in [0.25, 0.3) is 10.9 Å². The molecule has 4 aromatic rings. The normalized spacial score (nSPS) is 11.4. The molecule has 6 nitrogen and oxygen atoms in total. The van der Waals surface area contributed by atoms with Crippen LogP contribution in [0.4, 0.5) is 5.69 Å². The predicted molar refractivity (Wildman–Crippen MR) is 129 cm³/mol. The molecule has 2 amide bonds. The number of amides is 2. The summed E-state index contributed by atoms with van der Waals surface area (Å²) in [6.07, 6.45) is 1.66. The van der Waals surface area contributed by atoms with Crippen molar-refractivity contribution in [3.8, 4) is 0 Å². The second-order valence-electron chi connectivity index (χ2n) is 7.05. The summed E-state index contributed by atoms with van der Waals surface area (Å²) < 4.78 is 0. The zero-order valence-corrected chi connectivity index (χ0v) is 18.5. The van der Waals surface area contributed by atoms with Crippen molar-refractivity contribution in [3.05, 3.63) is 99.7 Å². The Morgan fingerprint density at radius 3 is 2.53 bits per heavy atom. The highest BCUT2D eigenvalue weighted by atomic mass is 35.5. The van der Waals surface area contributed by atoms with Crippen molar-refractivity contribution >= 4 is 57.3 Å². The molecule has 0 aliphatic rings. The molecule has 0 aliphatic carbocycles. The third kappa shape index (κ3) is 4.66. The van der Waals surface area contributed by atoms with Crippen molar-refractivity contribution in [2.45, 2.75) is 6.92 Å². The number of nitrogens with zero attached hydrogens (tertiary/aromatic N) is 1. The highest BCUT2D eigenvalue weighted by Gasteiger charge is 2.13. The van der Waals surface area contributed by atoms with Gasteiger partial charge in [0.2, 0.25) is 0 Å². The van der Waals surface area contributed by atoms with E-state index in [9.17, 15) is 9.59 Å². The average molecular weight is 465 g/mol. The number of aromatic amines is 1. The molecule has 0 atom stereocenters. The van der Waals surface area contributed by atoms with Crippen LogP contribution in [0, 0.1) is 0 Å². The van der Waals surface area contributed by atoms with Gasteiger partial charge in [-0.3, -0.25) is 9.59 Å². The van der Waals surface area contributed by atoms with Crippen LogP contribution >= 0.6 is 23.2 Å². The number of carbonyl (C=O) groups is 2. The Hall–Kier alpha value is -3.61. The molecule has 0 saturated heterocycles. The number of fused-ring (bicyclic) bond motifs is 1. The molecule has 0 unspecified atom stereocenters. The van der Waals surface area contributed by atoms with E-state index in [2.05, 4.69) is 20.8 Å². The molecule has 4 rings (SSSR count). The van der Waals surface area contributed by atoms with Gasteiger partial charge in [-0.25, -0.2) is 5.43 Å². The number of anilines is 1. The van der Waals surface area contributed by atoms with Crippen LogP contribution in [0.2, 0.25) is 10.0 Å². The number of carbonyl (C=O) groups excluding carboxylic acids is 2. The summed E-state index contributed by atoms with van der Waals surface area (Å²) in [6, 6.07) is 19.4. The molecule has 0 saturated carbocycles. The maximum Gasteiger partial charge on any atom is 0.273 e. The fourth-order valence-corrected chi connectivity index (χ4v) is 3.71. The summed E-state index contributed by atoms with van der Waals surface area (Å²) in [5, 5.41) is 8.57. The minimum absolute atomic E-state index is 0.267. The van der Waals surface area contributed by atoms with E-state index in [1.807, 2.05) is 30.3 Å². The largest absolute Gasteiger partial charge is 0.360 e. The van der Waals surface area contributed by atoms with E-state index >= 15 is 0 Å². The van der Waals surface area contributed by atoms with Crippen molar-refractivity contribution in [2.75, 3.05) is 5.32 Å². The fraction of sp³-hybridized carbons (Fsp3) is 0.0417. The Labute approximate surface area is 194 Å². The predicted octanol–water partition coefficient (Wildman–Crippen LogP) is 5.88. The topological polar surface area (TPSA) is 86.3 Å².